The van der Waals surface area contributed by atoms with Crippen LogP contribution in [-0.4, -0.2) is 63.1 Å². The van der Waals surface area contributed by atoms with Crippen LogP contribution in [0.15, 0.2) is 42.5 Å². The SMILES string of the molecule is CC[C@@H](C(=O)NC)N(Cc1ccc(C)cc1)C(=O)CN(c1cc([N+](=O)[O-])ccc1OC)S(C)(=O)=O. The van der Waals surface area contributed by atoms with Gasteiger partial charge in [-0.2, -0.15) is 0 Å². The molecule has 0 saturated carbocycles. The molecule has 0 fully saturated rings. The molecule has 0 aliphatic rings. The number of ether oxygens (including phenoxy) is 1. The Labute approximate surface area is 204 Å². The van der Waals surface area contributed by atoms with Crippen LogP contribution in [0.25, 0.3) is 0 Å². The molecular weight excluding hydrogens is 476 g/mol. The molecule has 2 aromatic rings. The Morgan fingerprint density at radius 2 is 1.80 bits per heavy atom. The quantitative estimate of drug-likeness (QED) is 0.364. The number of hydrogen-bond acceptors (Lipinski definition) is 7. The van der Waals surface area contributed by atoms with Crippen LogP contribution in [0.1, 0.15) is 24.5 Å². The number of benzene rings is 2. The summed E-state index contributed by atoms with van der Waals surface area (Å²) in [6.45, 7) is 3.04. The molecule has 0 heterocycles. The second kappa shape index (κ2) is 11.6. The average Bonchev–Trinajstić information content (AvgIpc) is 2.82. The second-order valence-corrected chi connectivity index (χ2v) is 9.84. The predicted molar refractivity (Wildman–Crippen MR) is 132 cm³/mol. The third-order valence-corrected chi connectivity index (χ3v) is 6.55. The molecule has 0 bridgehead atoms. The first-order valence-corrected chi connectivity index (χ1v) is 12.6. The summed E-state index contributed by atoms with van der Waals surface area (Å²) in [5.74, 6) is -1.01. The minimum absolute atomic E-state index is 0.0391. The van der Waals surface area contributed by atoms with Crippen LogP contribution in [0.4, 0.5) is 11.4 Å². The fraction of sp³-hybridized carbons (Fsp3) is 0.391. The lowest BCUT2D eigenvalue weighted by Crippen LogP contribution is -2.51. The summed E-state index contributed by atoms with van der Waals surface area (Å²) in [6.07, 6.45) is 1.18. The van der Waals surface area contributed by atoms with Gasteiger partial charge >= 0.3 is 0 Å². The zero-order valence-corrected chi connectivity index (χ0v) is 21.2. The Morgan fingerprint density at radius 3 is 2.29 bits per heavy atom. The lowest BCUT2D eigenvalue weighted by molar-refractivity contribution is -0.384. The van der Waals surface area contributed by atoms with Gasteiger partial charge in [0.15, 0.2) is 0 Å². The molecule has 0 spiro atoms. The number of nitrogens with zero attached hydrogens (tertiary/aromatic N) is 3. The van der Waals surface area contributed by atoms with Gasteiger partial charge in [0.05, 0.1) is 18.3 Å². The van der Waals surface area contributed by atoms with E-state index in [1.54, 1.807) is 6.92 Å². The zero-order chi connectivity index (χ0) is 26.3. The fourth-order valence-corrected chi connectivity index (χ4v) is 4.40. The minimum atomic E-state index is -4.08. The third-order valence-electron chi connectivity index (χ3n) is 5.43. The van der Waals surface area contributed by atoms with Crippen molar-refractivity contribution in [1.29, 1.82) is 0 Å². The van der Waals surface area contributed by atoms with E-state index in [0.717, 1.165) is 27.8 Å². The van der Waals surface area contributed by atoms with Crippen LogP contribution in [0.5, 0.6) is 5.75 Å². The standard InChI is InChI=1S/C23H30N4O7S/c1-6-19(23(29)24-3)25(14-17-9-7-16(2)8-10-17)22(28)15-26(35(5,32)33)20-13-18(27(30)31)11-12-21(20)34-4/h7-13,19H,6,14-15H2,1-5H3,(H,24,29)/t19-/m0/s1. The molecule has 0 radical (unpaired) electrons. The summed E-state index contributed by atoms with van der Waals surface area (Å²) >= 11 is 0. The largest absolute Gasteiger partial charge is 0.495 e. The molecule has 190 valence electrons. The van der Waals surface area contributed by atoms with Gasteiger partial charge in [-0.15, -0.1) is 0 Å². The lowest BCUT2D eigenvalue weighted by Gasteiger charge is -2.32. The summed E-state index contributed by atoms with van der Waals surface area (Å²) in [4.78, 5) is 38.1. The highest BCUT2D eigenvalue weighted by molar-refractivity contribution is 7.92. The molecule has 2 rings (SSSR count). The van der Waals surface area contributed by atoms with Gasteiger partial charge in [0.25, 0.3) is 5.69 Å². The van der Waals surface area contributed by atoms with Crippen molar-refractivity contribution in [3.63, 3.8) is 0 Å². The Hall–Kier alpha value is -3.67. The topological polar surface area (TPSA) is 139 Å². The molecule has 35 heavy (non-hydrogen) atoms. The number of nitro groups is 1. The molecule has 11 nitrogen and oxygen atoms in total. The smallest absolute Gasteiger partial charge is 0.271 e. The van der Waals surface area contributed by atoms with Crippen molar-refractivity contribution in [1.82, 2.24) is 10.2 Å². The van der Waals surface area contributed by atoms with Crippen LogP contribution < -0.4 is 14.4 Å². The summed E-state index contributed by atoms with van der Waals surface area (Å²) in [5.41, 5.74) is 1.26. The first-order valence-electron chi connectivity index (χ1n) is 10.8. The van der Waals surface area contributed by atoms with Gasteiger partial charge in [-0.3, -0.25) is 24.0 Å². The van der Waals surface area contributed by atoms with E-state index in [2.05, 4.69) is 5.32 Å². The molecule has 1 atom stereocenters. The molecule has 0 aliphatic heterocycles. The predicted octanol–water partition coefficient (Wildman–Crippen LogP) is 2.23. The van der Waals surface area contributed by atoms with Crippen molar-refractivity contribution < 1.29 is 27.7 Å². The minimum Gasteiger partial charge on any atom is -0.495 e. The van der Waals surface area contributed by atoms with Crippen LogP contribution in [-0.2, 0) is 26.2 Å². The van der Waals surface area contributed by atoms with E-state index in [9.17, 15) is 28.1 Å². The maximum absolute atomic E-state index is 13.5. The summed E-state index contributed by atoms with van der Waals surface area (Å²) in [7, 11) is -1.33. The number of likely N-dealkylation sites (N-methyl/N-ethyl adjacent to an activating group) is 1. The first kappa shape index (κ1) is 27.6. The van der Waals surface area contributed by atoms with Crippen molar-refractivity contribution in [3.8, 4) is 5.75 Å². The number of sulfonamides is 1. The number of rotatable bonds is 11. The second-order valence-electron chi connectivity index (χ2n) is 7.93. The molecule has 0 saturated heterocycles. The molecule has 2 aromatic carbocycles. The Morgan fingerprint density at radius 1 is 1.17 bits per heavy atom. The Bertz CT molecular complexity index is 1180. The zero-order valence-electron chi connectivity index (χ0n) is 20.3. The molecule has 1 N–H and O–H groups in total. The molecule has 0 aliphatic carbocycles. The normalized spacial score (nSPS) is 11.9. The highest BCUT2D eigenvalue weighted by Crippen LogP contribution is 2.34. The number of amides is 2. The number of methoxy groups -OCH3 is 1. The lowest BCUT2D eigenvalue weighted by atomic mass is 10.1. The van der Waals surface area contributed by atoms with E-state index in [4.69, 9.17) is 4.74 Å². The van der Waals surface area contributed by atoms with Gasteiger partial charge in [0.2, 0.25) is 21.8 Å². The number of carbonyl (C=O) groups is 2. The van der Waals surface area contributed by atoms with E-state index in [1.165, 1.54) is 31.2 Å². The summed E-state index contributed by atoms with van der Waals surface area (Å²) < 4.78 is 31.4. The van der Waals surface area contributed by atoms with Crippen LogP contribution >= 0.6 is 0 Å². The molecule has 0 unspecified atom stereocenters. The van der Waals surface area contributed by atoms with E-state index >= 15 is 0 Å². The van der Waals surface area contributed by atoms with Crippen molar-refractivity contribution in [2.24, 2.45) is 0 Å². The molecular formula is C23H30N4O7S. The van der Waals surface area contributed by atoms with E-state index < -0.39 is 39.3 Å². The van der Waals surface area contributed by atoms with Crippen molar-refractivity contribution >= 4 is 33.2 Å². The first-order chi connectivity index (χ1) is 16.4. The van der Waals surface area contributed by atoms with E-state index in [-0.39, 0.29) is 30.1 Å². The van der Waals surface area contributed by atoms with E-state index in [1.807, 2.05) is 31.2 Å². The Balaban J connectivity index is 2.54. The monoisotopic (exact) mass is 506 g/mol. The van der Waals surface area contributed by atoms with Crippen molar-refractivity contribution in [2.75, 3.05) is 31.3 Å². The number of nitro benzene ring substituents is 1. The highest BCUT2D eigenvalue weighted by Gasteiger charge is 2.32. The van der Waals surface area contributed by atoms with Gasteiger partial charge in [-0.05, 0) is 25.0 Å². The molecule has 2 amide bonds. The van der Waals surface area contributed by atoms with Crippen LogP contribution in [0.2, 0.25) is 0 Å². The van der Waals surface area contributed by atoms with E-state index in [0.29, 0.717) is 0 Å². The van der Waals surface area contributed by atoms with Crippen molar-refractivity contribution in [2.45, 2.75) is 32.9 Å². The number of non-ortho nitro benzene ring substituents is 1. The highest BCUT2D eigenvalue weighted by atomic mass is 32.2. The van der Waals surface area contributed by atoms with Gasteiger partial charge in [-0.1, -0.05) is 36.8 Å². The summed E-state index contributed by atoms with van der Waals surface area (Å²) in [5, 5.41) is 13.8. The number of aryl methyl sites for hydroxylation is 1. The fourth-order valence-electron chi connectivity index (χ4n) is 3.56. The number of anilines is 1. The van der Waals surface area contributed by atoms with Gasteiger partial charge in [0, 0.05) is 25.7 Å². The molecule has 12 heteroatoms. The number of hydrogen-bond donors (Lipinski definition) is 1. The Kier molecular flexibility index (Phi) is 9.18. The maximum Gasteiger partial charge on any atom is 0.271 e. The van der Waals surface area contributed by atoms with Gasteiger partial charge in [0.1, 0.15) is 24.0 Å². The van der Waals surface area contributed by atoms with Crippen LogP contribution in [0.3, 0.4) is 0 Å². The third kappa shape index (κ3) is 6.92. The van der Waals surface area contributed by atoms with Crippen molar-refractivity contribution in [3.05, 3.63) is 63.7 Å². The summed E-state index contributed by atoms with van der Waals surface area (Å²) in [6, 6.07) is 10.0. The number of nitrogens with one attached hydrogen (secondary N) is 1. The maximum atomic E-state index is 13.5. The van der Waals surface area contributed by atoms with Gasteiger partial charge in [-0.25, -0.2) is 8.42 Å². The average molecular weight is 507 g/mol. The number of carbonyl (C=O) groups excluding carboxylic acids is 2. The van der Waals surface area contributed by atoms with Gasteiger partial charge < -0.3 is 15.0 Å². The van der Waals surface area contributed by atoms with Crippen LogP contribution in [0, 0.1) is 17.0 Å². The molecule has 0 aromatic heterocycles.